The average molecular weight is 445 g/mol. The molecule has 1 saturated heterocycles. The van der Waals surface area contributed by atoms with Crippen molar-refractivity contribution in [1.29, 1.82) is 0 Å². The number of hydrogen-bond donors (Lipinski definition) is 1. The maximum absolute atomic E-state index is 12.4. The molecule has 0 aromatic heterocycles. The Morgan fingerprint density at radius 1 is 1.10 bits per heavy atom. The van der Waals surface area contributed by atoms with Gasteiger partial charge in [0.15, 0.2) is 11.5 Å². The molecule has 1 N–H and O–H groups in total. The second kappa shape index (κ2) is 10.7. The van der Waals surface area contributed by atoms with E-state index >= 15 is 0 Å². The van der Waals surface area contributed by atoms with Crippen molar-refractivity contribution in [3.63, 3.8) is 0 Å². The SMILES string of the molecule is COc1cccc(C2SCC(=O)N2CC(=O)NCC(=O)OCc2ccccc2)c1OC. The van der Waals surface area contributed by atoms with Crippen LogP contribution in [0.25, 0.3) is 0 Å². The third-order valence-corrected chi connectivity index (χ3v) is 5.89. The predicted octanol–water partition coefficient (Wildman–Crippen LogP) is 2.14. The van der Waals surface area contributed by atoms with Gasteiger partial charge in [-0.05, 0) is 11.6 Å². The molecule has 0 bridgehead atoms. The van der Waals surface area contributed by atoms with Gasteiger partial charge >= 0.3 is 5.97 Å². The fourth-order valence-electron chi connectivity index (χ4n) is 3.16. The molecule has 3 rings (SSSR count). The number of hydrogen-bond acceptors (Lipinski definition) is 7. The number of para-hydroxylation sites is 1. The molecule has 0 aliphatic carbocycles. The summed E-state index contributed by atoms with van der Waals surface area (Å²) in [4.78, 5) is 38.2. The minimum Gasteiger partial charge on any atom is -0.493 e. The maximum Gasteiger partial charge on any atom is 0.325 e. The van der Waals surface area contributed by atoms with Gasteiger partial charge in [0, 0.05) is 5.56 Å². The molecule has 1 aliphatic heterocycles. The van der Waals surface area contributed by atoms with E-state index in [1.165, 1.54) is 30.9 Å². The standard InChI is InChI=1S/C22H24N2O6S/c1-28-17-10-6-9-16(21(17)29-2)22-24(19(26)14-31-22)12-18(25)23-11-20(27)30-13-15-7-4-3-5-8-15/h3-10,22H,11-14H2,1-2H3,(H,23,25). The Kier molecular flexibility index (Phi) is 7.77. The van der Waals surface area contributed by atoms with E-state index < -0.39 is 17.3 Å². The quantitative estimate of drug-likeness (QED) is 0.592. The second-order valence-electron chi connectivity index (χ2n) is 6.69. The first kappa shape index (κ1) is 22.5. The summed E-state index contributed by atoms with van der Waals surface area (Å²) < 4.78 is 16.0. The predicted molar refractivity (Wildman–Crippen MR) is 116 cm³/mol. The fraction of sp³-hybridized carbons (Fsp3) is 0.318. The molecule has 0 radical (unpaired) electrons. The number of amides is 2. The molecule has 31 heavy (non-hydrogen) atoms. The summed E-state index contributed by atoms with van der Waals surface area (Å²) in [5.74, 6) is 0.154. The van der Waals surface area contributed by atoms with E-state index in [0.717, 1.165) is 11.1 Å². The molecule has 8 nitrogen and oxygen atoms in total. The van der Waals surface area contributed by atoms with Crippen LogP contribution in [0.15, 0.2) is 48.5 Å². The Bertz CT molecular complexity index is 937. The normalized spacial score (nSPS) is 15.5. The van der Waals surface area contributed by atoms with Crippen LogP contribution in [0.5, 0.6) is 11.5 Å². The molecule has 0 spiro atoms. The Morgan fingerprint density at radius 2 is 1.87 bits per heavy atom. The monoisotopic (exact) mass is 444 g/mol. The number of methoxy groups -OCH3 is 2. The van der Waals surface area contributed by atoms with Gasteiger partial charge in [0.05, 0.1) is 20.0 Å². The van der Waals surface area contributed by atoms with Gasteiger partial charge in [0.25, 0.3) is 0 Å². The number of esters is 1. The molecule has 164 valence electrons. The summed E-state index contributed by atoms with van der Waals surface area (Å²) in [5, 5.41) is 2.12. The van der Waals surface area contributed by atoms with Gasteiger partial charge in [-0.25, -0.2) is 0 Å². The topological polar surface area (TPSA) is 94.2 Å². The van der Waals surface area contributed by atoms with Crippen LogP contribution in [0.4, 0.5) is 0 Å². The van der Waals surface area contributed by atoms with Crippen molar-refractivity contribution >= 4 is 29.5 Å². The first-order valence-corrected chi connectivity index (χ1v) is 10.7. The number of nitrogens with one attached hydrogen (secondary N) is 1. The Morgan fingerprint density at radius 3 is 2.58 bits per heavy atom. The van der Waals surface area contributed by atoms with Crippen molar-refractivity contribution in [3.05, 3.63) is 59.7 Å². The van der Waals surface area contributed by atoms with Crippen molar-refractivity contribution in [2.24, 2.45) is 0 Å². The smallest absolute Gasteiger partial charge is 0.325 e. The van der Waals surface area contributed by atoms with Crippen molar-refractivity contribution < 1.29 is 28.6 Å². The molecule has 1 atom stereocenters. The van der Waals surface area contributed by atoms with Crippen molar-refractivity contribution in [2.75, 3.05) is 33.1 Å². The molecule has 1 fully saturated rings. The van der Waals surface area contributed by atoms with E-state index in [-0.39, 0.29) is 31.4 Å². The maximum atomic E-state index is 12.4. The molecule has 1 heterocycles. The molecule has 2 aromatic rings. The molecule has 0 saturated carbocycles. The van der Waals surface area contributed by atoms with Gasteiger partial charge in [-0.3, -0.25) is 14.4 Å². The van der Waals surface area contributed by atoms with Gasteiger partial charge in [0.1, 0.15) is 25.1 Å². The molecular weight excluding hydrogens is 420 g/mol. The molecule has 2 aromatic carbocycles. The second-order valence-corrected chi connectivity index (χ2v) is 7.76. The highest BCUT2D eigenvalue weighted by Crippen LogP contribution is 2.45. The van der Waals surface area contributed by atoms with Gasteiger partial charge in [0.2, 0.25) is 11.8 Å². The van der Waals surface area contributed by atoms with Gasteiger partial charge in [-0.2, -0.15) is 0 Å². The lowest BCUT2D eigenvalue weighted by Gasteiger charge is -2.25. The molecular formula is C22H24N2O6S. The summed E-state index contributed by atoms with van der Waals surface area (Å²) >= 11 is 1.40. The van der Waals surface area contributed by atoms with E-state index in [1.54, 1.807) is 12.1 Å². The summed E-state index contributed by atoms with van der Waals surface area (Å²) in [6, 6.07) is 14.7. The number of benzene rings is 2. The van der Waals surface area contributed by atoms with E-state index in [2.05, 4.69) is 5.32 Å². The highest BCUT2D eigenvalue weighted by molar-refractivity contribution is 8.00. The van der Waals surface area contributed by atoms with Crippen molar-refractivity contribution in [1.82, 2.24) is 10.2 Å². The van der Waals surface area contributed by atoms with Crippen LogP contribution in [0, 0.1) is 0 Å². The highest BCUT2D eigenvalue weighted by Gasteiger charge is 2.36. The third kappa shape index (κ3) is 5.69. The first-order chi connectivity index (χ1) is 15.0. The summed E-state index contributed by atoms with van der Waals surface area (Å²) in [6.07, 6.45) is 0. The Hall–Kier alpha value is -3.20. The number of rotatable bonds is 9. The van der Waals surface area contributed by atoms with Crippen LogP contribution in [0.2, 0.25) is 0 Å². The van der Waals surface area contributed by atoms with Gasteiger partial charge in [-0.15, -0.1) is 11.8 Å². The number of ether oxygens (including phenoxy) is 3. The minimum atomic E-state index is -0.551. The minimum absolute atomic E-state index is 0.133. The summed E-state index contributed by atoms with van der Waals surface area (Å²) in [6.45, 7) is -0.314. The number of carbonyl (C=O) groups is 3. The summed E-state index contributed by atoms with van der Waals surface area (Å²) in [7, 11) is 3.07. The zero-order valence-corrected chi connectivity index (χ0v) is 18.1. The third-order valence-electron chi connectivity index (χ3n) is 4.65. The Labute approximate surface area is 184 Å². The van der Waals surface area contributed by atoms with Gasteiger partial charge in [-0.1, -0.05) is 42.5 Å². The van der Waals surface area contributed by atoms with Crippen molar-refractivity contribution in [3.8, 4) is 11.5 Å². The first-order valence-electron chi connectivity index (χ1n) is 9.61. The average Bonchev–Trinajstić information content (AvgIpc) is 3.16. The zero-order valence-electron chi connectivity index (χ0n) is 17.3. The number of carbonyl (C=O) groups excluding carboxylic acids is 3. The van der Waals surface area contributed by atoms with E-state index in [4.69, 9.17) is 14.2 Å². The fourth-order valence-corrected chi connectivity index (χ4v) is 4.36. The van der Waals surface area contributed by atoms with Crippen molar-refractivity contribution in [2.45, 2.75) is 12.0 Å². The molecule has 1 unspecified atom stereocenters. The van der Waals surface area contributed by atoms with Crippen LogP contribution in [0.1, 0.15) is 16.5 Å². The molecule has 9 heteroatoms. The molecule has 1 aliphatic rings. The summed E-state index contributed by atoms with van der Waals surface area (Å²) in [5.41, 5.74) is 1.60. The highest BCUT2D eigenvalue weighted by atomic mass is 32.2. The van der Waals surface area contributed by atoms with E-state index in [1.807, 2.05) is 36.4 Å². The lowest BCUT2D eigenvalue weighted by molar-refractivity contribution is -0.145. The van der Waals surface area contributed by atoms with Crippen LogP contribution in [-0.2, 0) is 25.7 Å². The van der Waals surface area contributed by atoms with Crippen LogP contribution < -0.4 is 14.8 Å². The van der Waals surface area contributed by atoms with Gasteiger partial charge < -0.3 is 24.4 Å². The lowest BCUT2D eigenvalue weighted by Crippen LogP contribution is -2.41. The van der Waals surface area contributed by atoms with E-state index in [9.17, 15) is 14.4 Å². The lowest BCUT2D eigenvalue weighted by atomic mass is 10.1. The van der Waals surface area contributed by atoms with Crippen LogP contribution in [0.3, 0.4) is 0 Å². The van der Waals surface area contributed by atoms with Crippen LogP contribution >= 0.6 is 11.8 Å². The van der Waals surface area contributed by atoms with E-state index in [0.29, 0.717) is 11.5 Å². The number of nitrogens with zero attached hydrogens (tertiary/aromatic N) is 1. The zero-order chi connectivity index (χ0) is 22.2. The largest absolute Gasteiger partial charge is 0.493 e. The Balaban J connectivity index is 1.57. The van der Waals surface area contributed by atoms with Crippen LogP contribution in [-0.4, -0.2) is 55.7 Å². The molecule has 2 amide bonds. The number of thioether (sulfide) groups is 1.